The number of rotatable bonds is 10. The zero-order valence-electron chi connectivity index (χ0n) is 20.8. The van der Waals surface area contributed by atoms with E-state index in [0.717, 1.165) is 51.4 Å². The number of carbonyl (C=O) groups is 1. The fourth-order valence-electron chi connectivity index (χ4n) is 4.57. The van der Waals surface area contributed by atoms with Gasteiger partial charge in [0.05, 0.1) is 36.6 Å². The lowest BCUT2D eigenvalue weighted by molar-refractivity contribution is -0.0861. The summed E-state index contributed by atoms with van der Waals surface area (Å²) < 4.78 is 23.3. The van der Waals surface area contributed by atoms with Gasteiger partial charge in [-0.2, -0.15) is 0 Å². The number of carbonyl (C=O) groups excluding carboxylic acids is 1. The molecule has 4 atom stereocenters. The maximum absolute atomic E-state index is 12.0. The van der Waals surface area contributed by atoms with E-state index < -0.39 is 6.16 Å². The summed E-state index contributed by atoms with van der Waals surface area (Å²) >= 11 is 0. The molecule has 0 aromatic heterocycles. The van der Waals surface area contributed by atoms with Gasteiger partial charge in [0, 0.05) is 0 Å². The molecule has 0 aliphatic carbocycles. The van der Waals surface area contributed by atoms with Gasteiger partial charge >= 0.3 is 6.16 Å². The molecule has 30 heavy (non-hydrogen) atoms. The number of hydrogen-bond donors (Lipinski definition) is 0. The van der Waals surface area contributed by atoms with E-state index in [-0.39, 0.29) is 34.2 Å². The Morgan fingerprint density at radius 1 is 0.833 bits per heavy atom. The van der Waals surface area contributed by atoms with Crippen LogP contribution in [0.25, 0.3) is 0 Å². The fraction of sp³-hybridized carbons (Fsp3) is 0.960. The van der Waals surface area contributed by atoms with Gasteiger partial charge in [-0.25, -0.2) is 4.79 Å². The lowest BCUT2D eigenvalue weighted by atomic mass is 9.82. The first-order valence-electron chi connectivity index (χ1n) is 12.0. The lowest BCUT2D eigenvalue weighted by Crippen LogP contribution is -2.34. The molecule has 2 rings (SSSR count). The van der Waals surface area contributed by atoms with Crippen LogP contribution in [-0.4, -0.2) is 42.8 Å². The second kappa shape index (κ2) is 9.77. The SMILES string of the molecule is CCC1(C)CCC(C(C)(C)CCOC(=O)OCCC(C)(C)C2CCC(C)(CC)O2)O1. The maximum Gasteiger partial charge on any atom is 0.508 e. The van der Waals surface area contributed by atoms with Crippen molar-refractivity contribution < 1.29 is 23.7 Å². The Kier molecular flexibility index (Phi) is 8.29. The Morgan fingerprint density at radius 3 is 1.50 bits per heavy atom. The first-order chi connectivity index (χ1) is 13.8. The van der Waals surface area contributed by atoms with Crippen molar-refractivity contribution in [2.75, 3.05) is 13.2 Å². The fourth-order valence-corrected chi connectivity index (χ4v) is 4.57. The summed E-state index contributed by atoms with van der Waals surface area (Å²) in [6.45, 7) is 18.2. The Balaban J connectivity index is 1.66. The van der Waals surface area contributed by atoms with E-state index in [9.17, 15) is 4.79 Å². The summed E-state index contributed by atoms with van der Waals surface area (Å²) in [6.07, 6.45) is 7.77. The van der Waals surface area contributed by atoms with E-state index in [0.29, 0.717) is 13.2 Å². The smallest absolute Gasteiger partial charge is 0.434 e. The van der Waals surface area contributed by atoms with Crippen molar-refractivity contribution in [2.45, 2.75) is 130 Å². The van der Waals surface area contributed by atoms with Crippen LogP contribution in [0.5, 0.6) is 0 Å². The van der Waals surface area contributed by atoms with Crippen molar-refractivity contribution >= 4 is 6.16 Å². The summed E-state index contributed by atoms with van der Waals surface area (Å²) in [4.78, 5) is 12.0. The highest BCUT2D eigenvalue weighted by Gasteiger charge is 2.43. The van der Waals surface area contributed by atoms with E-state index in [1.165, 1.54) is 0 Å². The van der Waals surface area contributed by atoms with Gasteiger partial charge in [0.25, 0.3) is 0 Å². The molecule has 0 saturated carbocycles. The van der Waals surface area contributed by atoms with Gasteiger partial charge in [-0.05, 0) is 76.0 Å². The monoisotopic (exact) mass is 426 g/mol. The molecule has 0 spiro atoms. The minimum absolute atomic E-state index is 0.00781. The normalized spacial score (nSPS) is 32.4. The molecule has 2 aliphatic rings. The van der Waals surface area contributed by atoms with Gasteiger partial charge in [0.15, 0.2) is 0 Å². The Bertz CT molecular complexity index is 524. The van der Waals surface area contributed by atoms with Crippen LogP contribution in [0.4, 0.5) is 4.79 Å². The summed E-state index contributed by atoms with van der Waals surface area (Å²) in [5.41, 5.74) is -0.0693. The predicted octanol–water partition coefficient (Wildman–Crippen LogP) is 6.67. The largest absolute Gasteiger partial charge is 0.508 e. The van der Waals surface area contributed by atoms with Crippen LogP contribution in [-0.2, 0) is 18.9 Å². The Labute approximate surface area is 184 Å². The maximum atomic E-state index is 12.0. The second-order valence-corrected chi connectivity index (χ2v) is 11.3. The van der Waals surface area contributed by atoms with Crippen LogP contribution in [0.3, 0.4) is 0 Å². The highest BCUT2D eigenvalue weighted by atomic mass is 16.7. The van der Waals surface area contributed by atoms with Gasteiger partial charge in [-0.3, -0.25) is 0 Å². The number of hydrogen-bond acceptors (Lipinski definition) is 5. The zero-order chi connectivity index (χ0) is 22.6. The van der Waals surface area contributed by atoms with Crippen LogP contribution in [0.1, 0.15) is 107 Å². The Hall–Kier alpha value is -0.810. The van der Waals surface area contributed by atoms with Gasteiger partial charge in [-0.15, -0.1) is 0 Å². The van der Waals surface area contributed by atoms with E-state index in [4.69, 9.17) is 18.9 Å². The van der Waals surface area contributed by atoms with E-state index >= 15 is 0 Å². The molecule has 0 amide bonds. The molecule has 0 N–H and O–H groups in total. The van der Waals surface area contributed by atoms with Gasteiger partial charge in [0.1, 0.15) is 0 Å². The van der Waals surface area contributed by atoms with Crippen LogP contribution < -0.4 is 0 Å². The Morgan fingerprint density at radius 2 is 1.20 bits per heavy atom. The third-order valence-corrected chi connectivity index (χ3v) is 7.90. The van der Waals surface area contributed by atoms with Crippen LogP contribution >= 0.6 is 0 Å². The van der Waals surface area contributed by atoms with E-state index in [2.05, 4.69) is 55.4 Å². The molecular formula is C25H46O5. The van der Waals surface area contributed by atoms with Crippen molar-refractivity contribution in [3.05, 3.63) is 0 Å². The molecule has 0 aromatic rings. The zero-order valence-corrected chi connectivity index (χ0v) is 20.8. The van der Waals surface area contributed by atoms with Gasteiger partial charge < -0.3 is 18.9 Å². The van der Waals surface area contributed by atoms with Crippen LogP contribution in [0.2, 0.25) is 0 Å². The molecule has 2 aliphatic heterocycles. The highest BCUT2D eigenvalue weighted by molar-refractivity contribution is 5.59. The van der Waals surface area contributed by atoms with E-state index in [1.807, 2.05) is 0 Å². The van der Waals surface area contributed by atoms with Crippen molar-refractivity contribution in [3.63, 3.8) is 0 Å². The summed E-state index contributed by atoms with van der Waals surface area (Å²) in [5.74, 6) is 0. The van der Waals surface area contributed by atoms with Crippen LogP contribution in [0.15, 0.2) is 0 Å². The van der Waals surface area contributed by atoms with Crippen molar-refractivity contribution in [3.8, 4) is 0 Å². The topological polar surface area (TPSA) is 54.0 Å². The molecule has 0 bridgehead atoms. The summed E-state index contributed by atoms with van der Waals surface area (Å²) in [6, 6.07) is 0. The van der Waals surface area contributed by atoms with E-state index in [1.54, 1.807) is 0 Å². The molecular weight excluding hydrogens is 380 g/mol. The summed E-state index contributed by atoms with van der Waals surface area (Å²) in [5, 5.41) is 0. The lowest BCUT2D eigenvalue weighted by Gasteiger charge is -2.34. The van der Waals surface area contributed by atoms with Crippen molar-refractivity contribution in [1.29, 1.82) is 0 Å². The first-order valence-corrected chi connectivity index (χ1v) is 12.0. The third kappa shape index (κ3) is 6.59. The molecule has 0 radical (unpaired) electrons. The molecule has 5 nitrogen and oxygen atoms in total. The molecule has 0 aromatic carbocycles. The quantitative estimate of drug-likeness (QED) is 0.365. The average Bonchev–Trinajstić information content (AvgIpc) is 3.27. The van der Waals surface area contributed by atoms with Gasteiger partial charge in [-0.1, -0.05) is 41.5 Å². The standard InChI is InChI=1S/C25H46O5/c1-9-24(7)13-11-19(29-24)22(3,4)15-17-27-21(26)28-18-16-23(5,6)20-12-14-25(8,10-2)30-20/h19-20H,9-18H2,1-8H3. The molecule has 176 valence electrons. The average molecular weight is 427 g/mol. The molecule has 2 heterocycles. The molecule has 5 heteroatoms. The molecule has 2 saturated heterocycles. The molecule has 2 fully saturated rings. The highest BCUT2D eigenvalue weighted by Crippen LogP contribution is 2.43. The molecule has 4 unspecified atom stereocenters. The van der Waals surface area contributed by atoms with Crippen LogP contribution in [0, 0.1) is 10.8 Å². The summed E-state index contributed by atoms with van der Waals surface area (Å²) in [7, 11) is 0. The number of ether oxygens (including phenoxy) is 4. The first kappa shape index (κ1) is 25.5. The minimum Gasteiger partial charge on any atom is -0.434 e. The van der Waals surface area contributed by atoms with Crippen molar-refractivity contribution in [2.24, 2.45) is 10.8 Å². The minimum atomic E-state index is -0.571. The van der Waals surface area contributed by atoms with Gasteiger partial charge in [0.2, 0.25) is 0 Å². The van der Waals surface area contributed by atoms with Crippen molar-refractivity contribution in [1.82, 2.24) is 0 Å². The predicted molar refractivity (Wildman–Crippen MR) is 120 cm³/mol. The second-order valence-electron chi connectivity index (χ2n) is 11.3. The third-order valence-electron chi connectivity index (χ3n) is 7.90.